The van der Waals surface area contributed by atoms with Crippen LogP contribution in [0.2, 0.25) is 0 Å². The number of aromatic amines is 1. The second-order valence-corrected chi connectivity index (χ2v) is 9.09. The number of nitrogens with one attached hydrogen (secondary N) is 3. The van der Waals surface area contributed by atoms with Crippen molar-refractivity contribution in [3.05, 3.63) is 66.1 Å². The molecule has 8 nitrogen and oxygen atoms in total. The number of esters is 1. The van der Waals surface area contributed by atoms with Crippen LogP contribution in [0.4, 0.5) is 0 Å². The highest BCUT2D eigenvalue weighted by molar-refractivity contribution is 5.91. The number of aromatic nitrogens is 2. The molecule has 0 aliphatic carbocycles. The predicted molar refractivity (Wildman–Crippen MR) is 134 cm³/mol. The van der Waals surface area contributed by atoms with Crippen molar-refractivity contribution >= 4 is 28.7 Å². The van der Waals surface area contributed by atoms with Crippen molar-refractivity contribution in [1.29, 1.82) is 0 Å². The van der Waals surface area contributed by atoms with E-state index in [0.29, 0.717) is 25.8 Å². The van der Waals surface area contributed by atoms with Gasteiger partial charge in [0.15, 0.2) is 0 Å². The number of para-hydroxylation sites is 1. The standard InChI is InChI=1S/C27H34N4O4/c1-18(2)14-19(16-25(32)35-3)26(33)31-24(15-20-17-30-23-10-5-4-9-22(20)23)27(34)29-13-11-21-8-6-7-12-28-21/h4-10,12,17-19,24,30H,11,13-16H2,1-3H3,(H,29,34)(H,31,33)/t19-,24+/m1/s1. The molecule has 0 fully saturated rings. The molecule has 0 bridgehead atoms. The third-order valence-corrected chi connectivity index (χ3v) is 5.91. The van der Waals surface area contributed by atoms with Gasteiger partial charge in [-0.15, -0.1) is 0 Å². The Kier molecular flexibility index (Phi) is 9.40. The lowest BCUT2D eigenvalue weighted by molar-refractivity contribution is -0.144. The zero-order chi connectivity index (χ0) is 25.2. The predicted octanol–water partition coefficient (Wildman–Crippen LogP) is 3.17. The van der Waals surface area contributed by atoms with E-state index in [1.165, 1.54) is 7.11 Å². The minimum Gasteiger partial charge on any atom is -0.469 e. The molecule has 3 N–H and O–H groups in total. The number of carbonyl (C=O) groups excluding carboxylic acids is 3. The second kappa shape index (κ2) is 12.7. The van der Waals surface area contributed by atoms with Crippen molar-refractivity contribution in [2.75, 3.05) is 13.7 Å². The molecule has 0 saturated carbocycles. The molecule has 1 aromatic carbocycles. The number of methoxy groups -OCH3 is 1. The summed E-state index contributed by atoms with van der Waals surface area (Å²) in [6.45, 7) is 4.38. The molecule has 0 aliphatic heterocycles. The quantitative estimate of drug-likeness (QED) is 0.346. The van der Waals surface area contributed by atoms with Gasteiger partial charge in [-0.2, -0.15) is 0 Å². The van der Waals surface area contributed by atoms with E-state index in [1.54, 1.807) is 6.20 Å². The molecule has 0 aliphatic rings. The van der Waals surface area contributed by atoms with E-state index in [9.17, 15) is 14.4 Å². The van der Waals surface area contributed by atoms with Gasteiger partial charge in [0.25, 0.3) is 0 Å². The molecule has 2 heterocycles. The lowest BCUT2D eigenvalue weighted by atomic mass is 9.92. The zero-order valence-corrected chi connectivity index (χ0v) is 20.5. The number of rotatable bonds is 12. The molecule has 3 aromatic rings. The van der Waals surface area contributed by atoms with Crippen molar-refractivity contribution < 1.29 is 19.1 Å². The summed E-state index contributed by atoms with van der Waals surface area (Å²) >= 11 is 0. The van der Waals surface area contributed by atoms with Crippen LogP contribution in [0.1, 0.15) is 37.9 Å². The van der Waals surface area contributed by atoms with Crippen LogP contribution < -0.4 is 10.6 Å². The Morgan fingerprint density at radius 2 is 1.83 bits per heavy atom. The average Bonchev–Trinajstić information content (AvgIpc) is 3.26. The summed E-state index contributed by atoms with van der Waals surface area (Å²) in [6.07, 6.45) is 4.97. The number of amides is 2. The van der Waals surface area contributed by atoms with Gasteiger partial charge in [-0.3, -0.25) is 19.4 Å². The van der Waals surface area contributed by atoms with Gasteiger partial charge in [-0.1, -0.05) is 38.1 Å². The van der Waals surface area contributed by atoms with Gasteiger partial charge in [0.2, 0.25) is 11.8 Å². The van der Waals surface area contributed by atoms with Crippen molar-refractivity contribution in [1.82, 2.24) is 20.6 Å². The van der Waals surface area contributed by atoms with Crippen LogP contribution in [0.25, 0.3) is 10.9 Å². The SMILES string of the molecule is COC(=O)C[C@@H](CC(C)C)C(=O)N[C@@H](Cc1c[nH]c2ccccc12)C(=O)NCCc1ccccn1. The first kappa shape index (κ1) is 25.9. The fourth-order valence-corrected chi connectivity index (χ4v) is 4.14. The Balaban J connectivity index is 1.75. The third-order valence-electron chi connectivity index (χ3n) is 5.91. The highest BCUT2D eigenvalue weighted by Crippen LogP contribution is 2.21. The van der Waals surface area contributed by atoms with Gasteiger partial charge in [-0.05, 0) is 36.1 Å². The number of pyridine rings is 1. The first-order valence-electron chi connectivity index (χ1n) is 12.0. The van der Waals surface area contributed by atoms with Crippen LogP contribution in [0.3, 0.4) is 0 Å². The Labute approximate surface area is 205 Å². The summed E-state index contributed by atoms with van der Waals surface area (Å²) in [4.78, 5) is 45.8. The molecule has 35 heavy (non-hydrogen) atoms. The van der Waals surface area contributed by atoms with Gasteiger partial charge in [-0.25, -0.2) is 0 Å². The van der Waals surface area contributed by atoms with Crippen molar-refractivity contribution in [3.63, 3.8) is 0 Å². The maximum atomic E-state index is 13.2. The second-order valence-electron chi connectivity index (χ2n) is 9.09. The monoisotopic (exact) mass is 478 g/mol. The summed E-state index contributed by atoms with van der Waals surface area (Å²) in [6, 6.07) is 12.7. The molecule has 0 spiro atoms. The molecule has 2 aromatic heterocycles. The van der Waals surface area contributed by atoms with Crippen LogP contribution in [-0.2, 0) is 32.0 Å². The lowest BCUT2D eigenvalue weighted by Crippen LogP contribution is -2.50. The minimum absolute atomic E-state index is 0.0262. The van der Waals surface area contributed by atoms with Gasteiger partial charge in [0, 0.05) is 54.3 Å². The van der Waals surface area contributed by atoms with E-state index < -0.39 is 17.9 Å². The fourth-order valence-electron chi connectivity index (χ4n) is 4.14. The normalized spacial score (nSPS) is 12.8. The number of carbonyl (C=O) groups is 3. The molecular weight excluding hydrogens is 444 g/mol. The summed E-state index contributed by atoms with van der Waals surface area (Å²) in [5, 5.41) is 6.85. The van der Waals surface area contributed by atoms with Gasteiger partial charge in [0.05, 0.1) is 13.5 Å². The molecule has 0 saturated heterocycles. The molecule has 2 atom stereocenters. The van der Waals surface area contributed by atoms with Crippen molar-refractivity contribution in [2.24, 2.45) is 11.8 Å². The summed E-state index contributed by atoms with van der Waals surface area (Å²) in [5.74, 6) is -1.42. The highest BCUT2D eigenvalue weighted by Gasteiger charge is 2.28. The maximum Gasteiger partial charge on any atom is 0.306 e. The summed E-state index contributed by atoms with van der Waals surface area (Å²) < 4.78 is 4.79. The molecule has 0 radical (unpaired) electrons. The third kappa shape index (κ3) is 7.67. The van der Waals surface area contributed by atoms with Gasteiger partial charge < -0.3 is 20.4 Å². The number of nitrogens with zero attached hydrogens (tertiary/aromatic N) is 1. The van der Waals surface area contributed by atoms with E-state index in [2.05, 4.69) is 20.6 Å². The molecular formula is C27H34N4O4. The Bertz CT molecular complexity index is 1130. The van der Waals surface area contributed by atoms with Gasteiger partial charge in [0.1, 0.15) is 6.04 Å². The number of benzene rings is 1. The zero-order valence-electron chi connectivity index (χ0n) is 20.5. The Morgan fingerprint density at radius 1 is 1.06 bits per heavy atom. The van der Waals surface area contributed by atoms with E-state index in [-0.39, 0.29) is 24.2 Å². The van der Waals surface area contributed by atoms with Gasteiger partial charge >= 0.3 is 5.97 Å². The maximum absolute atomic E-state index is 13.2. The lowest BCUT2D eigenvalue weighted by Gasteiger charge is -2.23. The average molecular weight is 479 g/mol. The number of H-pyrrole nitrogens is 1. The van der Waals surface area contributed by atoms with Crippen molar-refractivity contribution in [2.45, 2.75) is 45.6 Å². The number of hydrogen-bond donors (Lipinski definition) is 3. The molecule has 3 rings (SSSR count). The number of hydrogen-bond acceptors (Lipinski definition) is 5. The van der Waals surface area contributed by atoms with Crippen molar-refractivity contribution in [3.8, 4) is 0 Å². The Hall–Kier alpha value is -3.68. The summed E-state index contributed by atoms with van der Waals surface area (Å²) in [7, 11) is 1.31. The minimum atomic E-state index is -0.794. The number of ether oxygens (including phenoxy) is 1. The molecule has 186 valence electrons. The van der Waals surface area contributed by atoms with Crippen LogP contribution in [0.5, 0.6) is 0 Å². The fraction of sp³-hybridized carbons (Fsp3) is 0.407. The molecule has 2 amide bonds. The largest absolute Gasteiger partial charge is 0.469 e. The van der Waals surface area contributed by atoms with E-state index in [0.717, 1.165) is 22.2 Å². The van der Waals surface area contributed by atoms with Crippen LogP contribution in [0, 0.1) is 11.8 Å². The molecule has 0 unspecified atom stereocenters. The first-order chi connectivity index (χ1) is 16.9. The van der Waals surface area contributed by atoms with E-state index in [1.807, 2.05) is 62.5 Å². The van der Waals surface area contributed by atoms with Crippen LogP contribution in [0.15, 0.2) is 54.9 Å². The van der Waals surface area contributed by atoms with E-state index >= 15 is 0 Å². The van der Waals surface area contributed by atoms with Crippen LogP contribution >= 0.6 is 0 Å². The van der Waals surface area contributed by atoms with E-state index in [4.69, 9.17) is 4.74 Å². The molecule has 8 heteroatoms. The smallest absolute Gasteiger partial charge is 0.306 e. The first-order valence-corrected chi connectivity index (χ1v) is 12.0. The summed E-state index contributed by atoms with van der Waals surface area (Å²) in [5.41, 5.74) is 2.77. The van der Waals surface area contributed by atoms with Crippen LogP contribution in [-0.4, -0.2) is 47.4 Å². The number of fused-ring (bicyclic) bond motifs is 1. The topological polar surface area (TPSA) is 113 Å². The highest BCUT2D eigenvalue weighted by atomic mass is 16.5. The Morgan fingerprint density at radius 3 is 2.54 bits per heavy atom.